The summed E-state index contributed by atoms with van der Waals surface area (Å²) < 4.78 is 12.9. The van der Waals surface area contributed by atoms with Gasteiger partial charge in [0, 0.05) is 19.2 Å². The number of halogens is 1. The summed E-state index contributed by atoms with van der Waals surface area (Å²) in [5, 5.41) is 6.01. The molecule has 0 unspecified atom stereocenters. The highest BCUT2D eigenvalue weighted by Gasteiger charge is 2.10. The molecule has 1 heterocycles. The number of benzene rings is 2. The Labute approximate surface area is 157 Å². The average molecular weight is 364 g/mol. The molecular formula is C21H21FN4O. The second kappa shape index (κ2) is 8.40. The fourth-order valence-electron chi connectivity index (χ4n) is 2.55. The van der Waals surface area contributed by atoms with E-state index in [1.165, 1.54) is 17.7 Å². The number of anilines is 1. The van der Waals surface area contributed by atoms with Crippen molar-refractivity contribution in [2.24, 2.45) is 0 Å². The molecule has 0 aliphatic heterocycles. The van der Waals surface area contributed by atoms with Gasteiger partial charge in [-0.2, -0.15) is 0 Å². The Morgan fingerprint density at radius 1 is 0.926 bits per heavy atom. The average Bonchev–Trinajstić information content (AvgIpc) is 2.66. The van der Waals surface area contributed by atoms with Crippen molar-refractivity contribution in [3.05, 3.63) is 88.6 Å². The second-order valence-electron chi connectivity index (χ2n) is 6.33. The van der Waals surface area contributed by atoms with Gasteiger partial charge in [0.1, 0.15) is 23.2 Å². The van der Waals surface area contributed by atoms with E-state index in [1.807, 2.05) is 19.1 Å². The highest BCUT2D eigenvalue weighted by molar-refractivity contribution is 5.92. The number of amides is 1. The number of rotatable bonds is 6. The first-order valence-corrected chi connectivity index (χ1v) is 8.67. The van der Waals surface area contributed by atoms with Crippen molar-refractivity contribution in [3.8, 4) is 0 Å². The standard InChI is InChI=1S/C21H21FN4O/c1-14-3-5-16(6-4-14)12-23-20-11-19(25-15(2)26-20)21(27)24-13-17-7-9-18(22)10-8-17/h3-11H,12-13H2,1-2H3,(H,24,27)(H,23,25,26). The van der Waals surface area contributed by atoms with Crippen molar-refractivity contribution < 1.29 is 9.18 Å². The summed E-state index contributed by atoms with van der Waals surface area (Å²) in [6.07, 6.45) is 0. The lowest BCUT2D eigenvalue weighted by Crippen LogP contribution is -2.24. The first-order chi connectivity index (χ1) is 13.0. The predicted octanol–water partition coefficient (Wildman–Crippen LogP) is 3.77. The normalized spacial score (nSPS) is 10.5. The van der Waals surface area contributed by atoms with Crippen molar-refractivity contribution in [3.63, 3.8) is 0 Å². The Morgan fingerprint density at radius 3 is 2.26 bits per heavy atom. The largest absolute Gasteiger partial charge is 0.366 e. The first-order valence-electron chi connectivity index (χ1n) is 8.67. The summed E-state index contributed by atoms with van der Waals surface area (Å²) in [7, 11) is 0. The highest BCUT2D eigenvalue weighted by Crippen LogP contribution is 2.10. The summed E-state index contributed by atoms with van der Waals surface area (Å²) in [6.45, 7) is 4.69. The van der Waals surface area contributed by atoms with Crippen molar-refractivity contribution >= 4 is 11.7 Å². The van der Waals surface area contributed by atoms with Crippen LogP contribution in [0.2, 0.25) is 0 Å². The maximum absolute atomic E-state index is 12.9. The molecule has 6 heteroatoms. The molecule has 0 saturated heterocycles. The maximum Gasteiger partial charge on any atom is 0.270 e. The number of aryl methyl sites for hydroxylation is 2. The molecule has 2 N–H and O–H groups in total. The fraction of sp³-hybridized carbons (Fsp3) is 0.190. The molecule has 2 aromatic carbocycles. The first kappa shape index (κ1) is 18.5. The molecule has 5 nitrogen and oxygen atoms in total. The molecule has 1 amide bonds. The SMILES string of the molecule is Cc1ccc(CNc2cc(C(=O)NCc3ccc(F)cc3)nc(C)n2)cc1. The smallest absolute Gasteiger partial charge is 0.270 e. The number of hydrogen-bond donors (Lipinski definition) is 2. The van der Waals surface area contributed by atoms with Crippen LogP contribution in [0, 0.1) is 19.7 Å². The van der Waals surface area contributed by atoms with Crippen LogP contribution in [0.4, 0.5) is 10.2 Å². The number of carbonyl (C=O) groups is 1. The Bertz CT molecular complexity index is 924. The molecule has 27 heavy (non-hydrogen) atoms. The van der Waals surface area contributed by atoms with Gasteiger partial charge < -0.3 is 10.6 Å². The fourth-order valence-corrected chi connectivity index (χ4v) is 2.55. The molecule has 3 aromatic rings. The Balaban J connectivity index is 1.63. The van der Waals surface area contributed by atoms with Crippen LogP contribution >= 0.6 is 0 Å². The lowest BCUT2D eigenvalue weighted by molar-refractivity contribution is 0.0945. The molecule has 0 aliphatic carbocycles. The minimum Gasteiger partial charge on any atom is -0.366 e. The lowest BCUT2D eigenvalue weighted by Gasteiger charge is -2.10. The van der Waals surface area contributed by atoms with Gasteiger partial charge in [-0.05, 0) is 37.1 Å². The topological polar surface area (TPSA) is 66.9 Å². The van der Waals surface area contributed by atoms with Crippen LogP contribution in [0.1, 0.15) is 33.0 Å². The molecule has 0 fully saturated rings. The van der Waals surface area contributed by atoms with Gasteiger partial charge in [-0.3, -0.25) is 4.79 Å². The molecule has 0 aliphatic rings. The van der Waals surface area contributed by atoms with Crippen LogP contribution in [-0.2, 0) is 13.1 Å². The van der Waals surface area contributed by atoms with Crippen molar-refractivity contribution in [1.82, 2.24) is 15.3 Å². The van der Waals surface area contributed by atoms with Crippen LogP contribution in [0.5, 0.6) is 0 Å². The van der Waals surface area contributed by atoms with Crippen molar-refractivity contribution in [1.29, 1.82) is 0 Å². The van der Waals surface area contributed by atoms with Crippen LogP contribution in [-0.4, -0.2) is 15.9 Å². The monoisotopic (exact) mass is 364 g/mol. The summed E-state index contributed by atoms with van der Waals surface area (Å²) in [5.41, 5.74) is 3.43. The minimum atomic E-state index is -0.305. The molecule has 0 spiro atoms. The van der Waals surface area contributed by atoms with E-state index < -0.39 is 0 Å². The van der Waals surface area contributed by atoms with Crippen molar-refractivity contribution in [2.75, 3.05) is 5.32 Å². The van der Waals surface area contributed by atoms with E-state index in [1.54, 1.807) is 25.1 Å². The number of nitrogens with one attached hydrogen (secondary N) is 2. The highest BCUT2D eigenvalue weighted by atomic mass is 19.1. The Kier molecular flexibility index (Phi) is 5.76. The second-order valence-corrected chi connectivity index (χ2v) is 6.33. The predicted molar refractivity (Wildman–Crippen MR) is 103 cm³/mol. The number of hydrogen-bond acceptors (Lipinski definition) is 4. The zero-order valence-corrected chi connectivity index (χ0v) is 15.3. The number of nitrogens with zero attached hydrogens (tertiary/aromatic N) is 2. The third kappa shape index (κ3) is 5.34. The Morgan fingerprint density at radius 2 is 1.56 bits per heavy atom. The summed E-state index contributed by atoms with van der Waals surface area (Å²) >= 11 is 0. The van der Waals surface area contributed by atoms with E-state index in [-0.39, 0.29) is 17.4 Å². The van der Waals surface area contributed by atoms with E-state index >= 15 is 0 Å². The van der Waals surface area contributed by atoms with Gasteiger partial charge in [0.2, 0.25) is 0 Å². The lowest BCUT2D eigenvalue weighted by atomic mass is 10.1. The molecule has 0 saturated carbocycles. The van der Waals surface area contributed by atoms with Gasteiger partial charge >= 0.3 is 0 Å². The maximum atomic E-state index is 12.9. The molecular weight excluding hydrogens is 343 g/mol. The van der Waals surface area contributed by atoms with Crippen molar-refractivity contribution in [2.45, 2.75) is 26.9 Å². The van der Waals surface area contributed by atoms with Gasteiger partial charge in [0.25, 0.3) is 5.91 Å². The molecule has 1 aromatic heterocycles. The van der Waals surface area contributed by atoms with E-state index in [2.05, 4.69) is 32.7 Å². The zero-order chi connectivity index (χ0) is 19.2. The minimum absolute atomic E-state index is 0.288. The van der Waals surface area contributed by atoms with Gasteiger partial charge in [-0.15, -0.1) is 0 Å². The third-order valence-corrected chi connectivity index (χ3v) is 4.03. The van der Waals surface area contributed by atoms with Gasteiger partial charge in [-0.25, -0.2) is 14.4 Å². The van der Waals surface area contributed by atoms with Crippen LogP contribution < -0.4 is 10.6 Å². The van der Waals surface area contributed by atoms with Gasteiger partial charge in [0.05, 0.1) is 0 Å². The molecule has 3 rings (SSSR count). The molecule has 0 atom stereocenters. The van der Waals surface area contributed by atoms with E-state index in [4.69, 9.17) is 0 Å². The van der Waals surface area contributed by atoms with Crippen LogP contribution in [0.25, 0.3) is 0 Å². The zero-order valence-electron chi connectivity index (χ0n) is 15.3. The Hall–Kier alpha value is -3.28. The summed E-state index contributed by atoms with van der Waals surface area (Å²) in [6, 6.07) is 15.8. The quantitative estimate of drug-likeness (QED) is 0.699. The molecule has 0 radical (unpaired) electrons. The number of aromatic nitrogens is 2. The van der Waals surface area contributed by atoms with Crippen LogP contribution in [0.3, 0.4) is 0 Å². The third-order valence-electron chi connectivity index (χ3n) is 4.03. The number of carbonyl (C=O) groups excluding carboxylic acids is 1. The summed E-state index contributed by atoms with van der Waals surface area (Å²) in [4.78, 5) is 20.9. The van der Waals surface area contributed by atoms with E-state index in [0.29, 0.717) is 24.7 Å². The molecule has 0 bridgehead atoms. The van der Waals surface area contributed by atoms with Gasteiger partial charge in [0.15, 0.2) is 0 Å². The van der Waals surface area contributed by atoms with Gasteiger partial charge in [-0.1, -0.05) is 42.0 Å². The van der Waals surface area contributed by atoms with E-state index in [9.17, 15) is 9.18 Å². The van der Waals surface area contributed by atoms with E-state index in [0.717, 1.165) is 11.1 Å². The van der Waals surface area contributed by atoms with Crippen LogP contribution in [0.15, 0.2) is 54.6 Å². The molecule has 138 valence electrons. The summed E-state index contributed by atoms with van der Waals surface area (Å²) in [5.74, 6) is 0.495.